The molecule has 1 N–H and O–H groups in total. The van der Waals surface area contributed by atoms with Crippen LogP contribution in [0.1, 0.15) is 38.7 Å². The van der Waals surface area contributed by atoms with E-state index in [4.69, 9.17) is 23.2 Å². The third-order valence-corrected chi connectivity index (χ3v) is 9.30. The molecular formula is C29H32BrCl2N3O4S. The fourth-order valence-electron chi connectivity index (χ4n) is 4.16. The van der Waals surface area contributed by atoms with E-state index < -0.39 is 28.5 Å². The lowest BCUT2D eigenvalue weighted by Gasteiger charge is -2.33. The Kier molecular flexibility index (Phi) is 11.9. The number of carbonyl (C=O) groups excluding carboxylic acids is 2. The molecule has 0 bridgehead atoms. The number of sulfonamides is 1. The van der Waals surface area contributed by atoms with Crippen LogP contribution in [0.25, 0.3) is 0 Å². The van der Waals surface area contributed by atoms with Crippen LogP contribution in [-0.2, 0) is 26.2 Å². The Bertz CT molecular complexity index is 1400. The molecule has 0 fully saturated rings. The number of amides is 2. The quantitative estimate of drug-likeness (QED) is 0.206. The molecule has 0 aliphatic carbocycles. The lowest BCUT2D eigenvalue weighted by Crippen LogP contribution is -2.52. The maximum Gasteiger partial charge on any atom is 0.264 e. The van der Waals surface area contributed by atoms with Crippen LogP contribution in [0.15, 0.2) is 82.2 Å². The van der Waals surface area contributed by atoms with Crippen LogP contribution in [0.4, 0.5) is 5.69 Å². The molecular weight excluding hydrogens is 637 g/mol. The third-order valence-electron chi connectivity index (χ3n) is 6.31. The van der Waals surface area contributed by atoms with Crippen LogP contribution in [0.5, 0.6) is 0 Å². The van der Waals surface area contributed by atoms with E-state index in [1.54, 1.807) is 67.6 Å². The maximum atomic E-state index is 14.1. The summed E-state index contributed by atoms with van der Waals surface area (Å²) in [6, 6.07) is 18.7. The fourth-order valence-corrected chi connectivity index (χ4v) is 6.49. The van der Waals surface area contributed by atoms with Gasteiger partial charge in [-0.05, 0) is 55.3 Å². The number of carbonyl (C=O) groups is 2. The molecule has 0 saturated heterocycles. The van der Waals surface area contributed by atoms with Gasteiger partial charge in [0.2, 0.25) is 11.8 Å². The molecule has 3 aromatic rings. The molecule has 0 heterocycles. The number of hydrogen-bond acceptors (Lipinski definition) is 4. The second-order valence-electron chi connectivity index (χ2n) is 9.10. The van der Waals surface area contributed by atoms with Gasteiger partial charge in [0.05, 0.1) is 10.6 Å². The Labute approximate surface area is 254 Å². The van der Waals surface area contributed by atoms with Crippen molar-refractivity contribution in [3.63, 3.8) is 0 Å². The van der Waals surface area contributed by atoms with Crippen LogP contribution >= 0.6 is 39.1 Å². The number of anilines is 1. The van der Waals surface area contributed by atoms with Gasteiger partial charge in [-0.25, -0.2) is 8.42 Å². The molecule has 214 valence electrons. The number of benzene rings is 3. The molecule has 0 saturated carbocycles. The Morgan fingerprint density at radius 1 is 0.950 bits per heavy atom. The van der Waals surface area contributed by atoms with E-state index in [0.717, 1.165) is 17.1 Å². The van der Waals surface area contributed by atoms with Crippen LogP contribution in [0.3, 0.4) is 0 Å². The van der Waals surface area contributed by atoms with Crippen LogP contribution in [-0.4, -0.2) is 44.3 Å². The van der Waals surface area contributed by atoms with Crippen molar-refractivity contribution in [2.75, 3.05) is 17.4 Å². The molecule has 2 amide bonds. The zero-order valence-corrected chi connectivity index (χ0v) is 26.2. The average Bonchev–Trinajstić information content (AvgIpc) is 2.93. The van der Waals surface area contributed by atoms with Gasteiger partial charge in [0.15, 0.2) is 0 Å². The van der Waals surface area contributed by atoms with Crippen molar-refractivity contribution in [2.24, 2.45) is 0 Å². The fraction of sp³-hybridized carbons (Fsp3) is 0.310. The molecule has 40 heavy (non-hydrogen) atoms. The van der Waals surface area contributed by atoms with Crippen molar-refractivity contribution in [3.8, 4) is 0 Å². The van der Waals surface area contributed by atoms with Crippen molar-refractivity contribution in [1.29, 1.82) is 0 Å². The molecule has 3 rings (SSSR count). The molecule has 0 aliphatic heterocycles. The van der Waals surface area contributed by atoms with Crippen molar-refractivity contribution in [2.45, 2.75) is 50.6 Å². The number of nitrogens with one attached hydrogen (secondary N) is 1. The predicted octanol–water partition coefficient (Wildman–Crippen LogP) is 6.67. The highest BCUT2D eigenvalue weighted by atomic mass is 79.9. The number of rotatable bonds is 13. The van der Waals surface area contributed by atoms with Gasteiger partial charge in [-0.3, -0.25) is 13.9 Å². The second kappa shape index (κ2) is 14.9. The summed E-state index contributed by atoms with van der Waals surface area (Å²) in [5.41, 5.74) is 0.765. The Hall–Kier alpha value is -2.59. The average molecular weight is 669 g/mol. The number of nitrogens with zero attached hydrogens (tertiary/aromatic N) is 2. The Balaban J connectivity index is 2.07. The van der Waals surface area contributed by atoms with Gasteiger partial charge >= 0.3 is 0 Å². The Morgan fingerprint density at radius 3 is 2.20 bits per heavy atom. The smallest absolute Gasteiger partial charge is 0.264 e. The summed E-state index contributed by atoms with van der Waals surface area (Å²) in [5.74, 6) is -0.902. The molecule has 11 heteroatoms. The number of unbranched alkanes of at least 4 members (excludes halogenated alkanes) is 1. The summed E-state index contributed by atoms with van der Waals surface area (Å²) in [5, 5.41) is 3.58. The van der Waals surface area contributed by atoms with Gasteiger partial charge in [-0.1, -0.05) is 89.7 Å². The van der Waals surface area contributed by atoms with Gasteiger partial charge in [-0.2, -0.15) is 0 Å². The largest absolute Gasteiger partial charge is 0.354 e. The molecule has 0 aliphatic rings. The monoisotopic (exact) mass is 667 g/mol. The zero-order chi connectivity index (χ0) is 29.3. The SMILES string of the molecule is CCCCNC(=O)[C@@H](CC)N(Cc1c(Cl)cccc1Cl)C(=O)CN(c1cccc(Br)c1)S(=O)(=O)c1ccccc1. The summed E-state index contributed by atoms with van der Waals surface area (Å²) >= 11 is 16.3. The number of hydrogen-bond donors (Lipinski definition) is 1. The first-order chi connectivity index (χ1) is 19.1. The maximum absolute atomic E-state index is 14.1. The van der Waals surface area contributed by atoms with E-state index in [-0.39, 0.29) is 17.3 Å². The normalized spacial score (nSPS) is 12.0. The lowest BCUT2D eigenvalue weighted by atomic mass is 10.1. The summed E-state index contributed by atoms with van der Waals surface area (Å²) in [7, 11) is -4.15. The lowest BCUT2D eigenvalue weighted by molar-refractivity contribution is -0.140. The topological polar surface area (TPSA) is 86.8 Å². The van der Waals surface area contributed by atoms with Gasteiger partial charge in [-0.15, -0.1) is 0 Å². The summed E-state index contributed by atoms with van der Waals surface area (Å²) in [4.78, 5) is 28.8. The summed E-state index contributed by atoms with van der Waals surface area (Å²) in [6.45, 7) is 3.66. The zero-order valence-electron chi connectivity index (χ0n) is 22.3. The summed E-state index contributed by atoms with van der Waals surface area (Å²) in [6.07, 6.45) is 1.99. The van der Waals surface area contributed by atoms with Gasteiger partial charge < -0.3 is 10.2 Å². The standard InChI is InChI=1S/C29H32BrCl2N3O4S/c1-3-5-17-33-29(37)27(4-2)34(19-24-25(31)15-10-16-26(24)32)28(36)20-35(22-12-9-11-21(30)18-22)40(38,39)23-13-7-6-8-14-23/h6-16,18,27H,3-5,17,19-20H2,1-2H3,(H,33,37)/t27-/m1/s1. The van der Waals surface area contributed by atoms with E-state index in [2.05, 4.69) is 21.2 Å². The molecule has 0 radical (unpaired) electrons. The van der Waals surface area contributed by atoms with Crippen molar-refractivity contribution in [3.05, 3.63) is 92.9 Å². The van der Waals surface area contributed by atoms with Gasteiger partial charge in [0, 0.05) is 33.2 Å². The van der Waals surface area contributed by atoms with E-state index in [9.17, 15) is 18.0 Å². The van der Waals surface area contributed by atoms with E-state index in [1.807, 2.05) is 6.92 Å². The highest BCUT2D eigenvalue weighted by Gasteiger charge is 2.34. The van der Waals surface area contributed by atoms with Crippen LogP contribution < -0.4 is 9.62 Å². The first-order valence-electron chi connectivity index (χ1n) is 12.9. The second-order valence-corrected chi connectivity index (χ2v) is 12.7. The Morgan fingerprint density at radius 2 is 1.60 bits per heavy atom. The minimum absolute atomic E-state index is 0.0350. The van der Waals surface area contributed by atoms with Gasteiger partial charge in [0.25, 0.3) is 10.0 Å². The first-order valence-corrected chi connectivity index (χ1v) is 15.9. The summed E-state index contributed by atoms with van der Waals surface area (Å²) < 4.78 is 29.4. The molecule has 0 aromatic heterocycles. The van der Waals surface area contributed by atoms with Crippen molar-refractivity contribution < 1.29 is 18.0 Å². The molecule has 3 aromatic carbocycles. The van der Waals surface area contributed by atoms with Crippen molar-refractivity contribution >= 4 is 66.7 Å². The number of halogens is 3. The van der Waals surface area contributed by atoms with E-state index >= 15 is 0 Å². The highest BCUT2D eigenvalue weighted by molar-refractivity contribution is 9.10. The molecule has 0 spiro atoms. The predicted molar refractivity (Wildman–Crippen MR) is 164 cm³/mol. The van der Waals surface area contributed by atoms with Gasteiger partial charge in [0.1, 0.15) is 12.6 Å². The highest BCUT2D eigenvalue weighted by Crippen LogP contribution is 2.29. The molecule has 7 nitrogen and oxygen atoms in total. The molecule has 1 atom stereocenters. The first kappa shape index (κ1) is 31.9. The van der Waals surface area contributed by atoms with Crippen LogP contribution in [0, 0.1) is 0 Å². The molecule has 0 unspecified atom stereocenters. The van der Waals surface area contributed by atoms with Crippen molar-refractivity contribution in [1.82, 2.24) is 10.2 Å². The minimum atomic E-state index is -4.15. The third kappa shape index (κ3) is 8.00. The minimum Gasteiger partial charge on any atom is -0.354 e. The van der Waals surface area contributed by atoms with E-state index in [0.29, 0.717) is 38.7 Å². The van der Waals surface area contributed by atoms with Crippen LogP contribution in [0.2, 0.25) is 10.0 Å². The van der Waals surface area contributed by atoms with E-state index in [1.165, 1.54) is 17.0 Å².